The Morgan fingerprint density at radius 3 is 0.881 bits per heavy atom. The lowest BCUT2D eigenvalue weighted by atomic mass is 9.95. The van der Waals surface area contributed by atoms with E-state index in [2.05, 4.69) is 300 Å². The van der Waals surface area contributed by atoms with Gasteiger partial charge in [-0.1, -0.05) is 346 Å². The summed E-state index contributed by atoms with van der Waals surface area (Å²) in [5.74, 6) is 3.80. The molecule has 0 atom stereocenters. The van der Waals surface area contributed by atoms with Gasteiger partial charge in [0.15, 0.2) is 34.9 Å². The highest BCUT2D eigenvalue weighted by Crippen LogP contribution is 2.50. The van der Waals surface area contributed by atoms with Crippen molar-refractivity contribution in [3.05, 3.63) is 413 Å². The molecule has 0 aliphatic heterocycles. The molecule has 6 aromatic heterocycles. The Morgan fingerprint density at radius 2 is 0.466 bits per heavy atom. The van der Waals surface area contributed by atoms with Crippen molar-refractivity contribution in [1.82, 2.24) is 39.0 Å². The molecule has 118 heavy (non-hydrogen) atoms. The van der Waals surface area contributed by atoms with E-state index >= 15 is 0 Å². The quantitative estimate of drug-likeness (QED) is 0.114. The molecular formula is C108H68N8S2. The molecule has 552 valence electrons. The minimum absolute atomic E-state index is 0.621. The SMILES string of the molecule is c1ccc(-c2nc(-c3ccccc3)nc(-c3ccc(-n4c5ccccc5c5cccc(-c6cccc7sc8c(-c9ccccc9)cccc8c67)c54)c(-c4ccccc4)c3)n2)cc1.c1ccc(-c2nc(-c3ccccc3)nc(-c3ccc(-n4c5ccccc5c5cccc(-c6cccc7sc8ccccc8c67)c54)c(-c4ccccc4)c3)n2)cc1. The summed E-state index contributed by atoms with van der Waals surface area (Å²) in [4.78, 5) is 30.4. The highest BCUT2D eigenvalue weighted by Gasteiger charge is 2.26. The predicted octanol–water partition coefficient (Wildman–Crippen LogP) is 29.0. The zero-order chi connectivity index (χ0) is 78.0. The molecule has 6 heterocycles. The van der Waals surface area contributed by atoms with Crippen LogP contribution in [0.15, 0.2) is 413 Å². The van der Waals surface area contributed by atoms with Crippen LogP contribution in [0.25, 0.3) is 219 Å². The van der Waals surface area contributed by atoms with Gasteiger partial charge in [0, 0.05) is 118 Å². The lowest BCUT2D eigenvalue weighted by molar-refractivity contribution is 1.07. The number of benzene rings is 17. The van der Waals surface area contributed by atoms with E-state index in [-0.39, 0.29) is 0 Å². The van der Waals surface area contributed by atoms with E-state index in [4.69, 9.17) is 29.9 Å². The van der Waals surface area contributed by atoms with Gasteiger partial charge in [-0.3, -0.25) is 0 Å². The van der Waals surface area contributed by atoms with Crippen LogP contribution in [-0.2, 0) is 0 Å². The van der Waals surface area contributed by atoms with Crippen LogP contribution in [0.4, 0.5) is 0 Å². The highest BCUT2D eigenvalue weighted by molar-refractivity contribution is 7.26. The Bertz CT molecular complexity index is 7660. The summed E-state index contributed by atoms with van der Waals surface area (Å²) < 4.78 is 10.1. The number of nitrogens with zero attached hydrogens (tertiary/aromatic N) is 8. The van der Waals surface area contributed by atoms with Crippen LogP contribution in [0.3, 0.4) is 0 Å². The van der Waals surface area contributed by atoms with Crippen LogP contribution >= 0.6 is 22.7 Å². The molecule has 0 aliphatic rings. The first kappa shape index (κ1) is 69.5. The van der Waals surface area contributed by atoms with Gasteiger partial charge in [0.05, 0.1) is 33.4 Å². The number of hydrogen-bond donors (Lipinski definition) is 0. The summed E-state index contributed by atoms with van der Waals surface area (Å²) in [6, 6.07) is 146. The third-order valence-corrected chi connectivity index (χ3v) is 24.9. The van der Waals surface area contributed by atoms with Crippen LogP contribution in [0.5, 0.6) is 0 Å². The van der Waals surface area contributed by atoms with E-state index in [1.54, 1.807) is 0 Å². The van der Waals surface area contributed by atoms with Crippen LogP contribution < -0.4 is 0 Å². The molecule has 0 fully saturated rings. The van der Waals surface area contributed by atoms with Gasteiger partial charge in [-0.05, 0) is 100 Å². The maximum atomic E-state index is 5.13. The fraction of sp³-hybridized carbons (Fsp3) is 0. The third-order valence-electron chi connectivity index (χ3n) is 22.5. The van der Waals surface area contributed by atoms with Gasteiger partial charge in [0.1, 0.15) is 0 Å². The smallest absolute Gasteiger partial charge is 0.164 e. The van der Waals surface area contributed by atoms with Crippen molar-refractivity contribution in [3.63, 3.8) is 0 Å². The second-order valence-corrected chi connectivity index (χ2v) is 31.6. The molecule has 0 amide bonds. The van der Waals surface area contributed by atoms with Gasteiger partial charge in [-0.15, -0.1) is 22.7 Å². The monoisotopic (exact) mass is 1540 g/mol. The molecule has 0 unspecified atom stereocenters. The molecule has 17 aromatic carbocycles. The van der Waals surface area contributed by atoms with Crippen molar-refractivity contribution in [3.8, 4) is 135 Å². The molecule has 0 spiro atoms. The number of fused-ring (bicyclic) bond motifs is 12. The zero-order valence-corrected chi connectivity index (χ0v) is 65.3. The molecule has 0 aliphatic carbocycles. The molecule has 23 aromatic rings. The first-order valence-electron chi connectivity index (χ1n) is 39.6. The standard InChI is InChI=1S/C57H36N4S.C51H32N4S/c1-5-18-37(19-6-1)42-27-15-31-47-52-44(28-17-33-51(52)62-54(42)47)46-30-16-29-45-43-26-13-14-32-49(43)61(53(45)46)50-35-34-41(36-48(50)38-20-7-2-8-21-38)57-59-55(39-22-9-3-10-23-39)58-56(60-57)40-24-11-4-12-25-40;1-4-16-33(17-5-1)42-32-36(51-53-49(34-18-6-2-7-19-34)52-50(54-51)35-20-8-3-9-21-35)30-31-44(42)55-43-27-12-10-22-37(43)39-25-14-26-40(48(39)55)38-24-15-29-46-47(38)41-23-11-13-28-45(41)56-46/h1-36H;1-32H. The summed E-state index contributed by atoms with van der Waals surface area (Å²) in [6.45, 7) is 0. The Kier molecular flexibility index (Phi) is 17.5. The molecule has 0 saturated carbocycles. The van der Waals surface area contributed by atoms with Crippen molar-refractivity contribution < 1.29 is 0 Å². The zero-order valence-electron chi connectivity index (χ0n) is 63.7. The molecular weight excluding hydrogens is 1470 g/mol. The fourth-order valence-corrected chi connectivity index (χ4v) is 19.6. The fourth-order valence-electron chi connectivity index (χ4n) is 17.2. The molecule has 0 radical (unpaired) electrons. The van der Waals surface area contributed by atoms with Crippen molar-refractivity contribution in [1.29, 1.82) is 0 Å². The summed E-state index contributed by atoms with van der Waals surface area (Å²) in [7, 11) is 0. The second-order valence-electron chi connectivity index (χ2n) is 29.5. The largest absolute Gasteiger partial charge is 0.308 e. The van der Waals surface area contributed by atoms with Gasteiger partial charge < -0.3 is 9.13 Å². The molecule has 10 heteroatoms. The van der Waals surface area contributed by atoms with Gasteiger partial charge in [0.25, 0.3) is 0 Å². The average Bonchev–Trinajstić information content (AvgIpc) is 1.56. The van der Waals surface area contributed by atoms with E-state index < -0.39 is 0 Å². The maximum absolute atomic E-state index is 5.13. The number of aromatic nitrogens is 8. The summed E-state index contributed by atoms with van der Waals surface area (Å²) in [5.41, 5.74) is 24.1. The Hall–Kier alpha value is -15.2. The van der Waals surface area contributed by atoms with Crippen LogP contribution in [0.1, 0.15) is 0 Å². The number of rotatable bonds is 13. The number of hydrogen-bond acceptors (Lipinski definition) is 8. The molecule has 0 N–H and O–H groups in total. The van der Waals surface area contributed by atoms with E-state index in [0.29, 0.717) is 34.9 Å². The summed E-state index contributed by atoms with van der Waals surface area (Å²) in [6.07, 6.45) is 0. The van der Waals surface area contributed by atoms with Gasteiger partial charge >= 0.3 is 0 Å². The predicted molar refractivity (Wildman–Crippen MR) is 494 cm³/mol. The summed E-state index contributed by atoms with van der Waals surface area (Å²) in [5, 5.41) is 10.00. The number of thiophene rings is 2. The maximum Gasteiger partial charge on any atom is 0.164 e. The minimum Gasteiger partial charge on any atom is -0.308 e. The third kappa shape index (κ3) is 12.3. The molecule has 0 bridgehead atoms. The topological polar surface area (TPSA) is 87.2 Å². The van der Waals surface area contributed by atoms with E-state index in [0.717, 1.165) is 78.0 Å². The molecule has 0 saturated heterocycles. The van der Waals surface area contributed by atoms with Crippen molar-refractivity contribution in [2.24, 2.45) is 0 Å². The molecule has 23 rings (SSSR count). The van der Waals surface area contributed by atoms with E-state index in [1.165, 1.54) is 106 Å². The van der Waals surface area contributed by atoms with E-state index in [1.807, 2.05) is 144 Å². The van der Waals surface area contributed by atoms with Crippen molar-refractivity contribution in [2.75, 3.05) is 0 Å². The van der Waals surface area contributed by atoms with Crippen molar-refractivity contribution in [2.45, 2.75) is 0 Å². The average molecular weight is 1540 g/mol. The van der Waals surface area contributed by atoms with Crippen LogP contribution in [0.2, 0.25) is 0 Å². The van der Waals surface area contributed by atoms with Crippen LogP contribution in [0, 0.1) is 0 Å². The van der Waals surface area contributed by atoms with Crippen molar-refractivity contribution >= 4 is 107 Å². The minimum atomic E-state index is 0.621. The second kappa shape index (κ2) is 29.6. The Labute approximate surface area is 688 Å². The van der Waals surface area contributed by atoms with Gasteiger partial charge in [-0.2, -0.15) is 0 Å². The van der Waals surface area contributed by atoms with Crippen LogP contribution in [-0.4, -0.2) is 39.0 Å². The normalized spacial score (nSPS) is 11.6. The first-order valence-corrected chi connectivity index (χ1v) is 41.3. The van der Waals surface area contributed by atoms with Gasteiger partial charge in [0.2, 0.25) is 0 Å². The highest BCUT2D eigenvalue weighted by atomic mass is 32.1. The molecule has 8 nitrogen and oxygen atoms in total. The number of para-hydroxylation sites is 4. The summed E-state index contributed by atoms with van der Waals surface area (Å²) >= 11 is 3.73. The Balaban J connectivity index is 0.000000143. The Morgan fingerprint density at radius 1 is 0.178 bits per heavy atom. The first-order chi connectivity index (χ1) is 58.5. The lowest BCUT2D eigenvalue weighted by Crippen LogP contribution is -2.02. The van der Waals surface area contributed by atoms with E-state index in [9.17, 15) is 0 Å². The van der Waals surface area contributed by atoms with Gasteiger partial charge in [-0.25, -0.2) is 29.9 Å². The lowest BCUT2D eigenvalue weighted by Gasteiger charge is -2.18.